The molecule has 0 amide bonds. The molecule has 48 heavy (non-hydrogen) atoms. The summed E-state index contributed by atoms with van der Waals surface area (Å²) >= 11 is 0. The fourth-order valence-electron chi connectivity index (χ4n) is 8.35. The van der Waals surface area contributed by atoms with E-state index in [0.29, 0.717) is 70.6 Å². The molecule has 0 heterocycles. The van der Waals surface area contributed by atoms with E-state index in [1.54, 1.807) is 0 Å². The second kappa shape index (κ2) is 16.5. The fourth-order valence-corrected chi connectivity index (χ4v) is 10.3. The first-order chi connectivity index (χ1) is 22.1. The summed E-state index contributed by atoms with van der Waals surface area (Å²) in [7, 11) is -8.64. The van der Waals surface area contributed by atoms with Gasteiger partial charge < -0.3 is 21.1 Å². The van der Waals surface area contributed by atoms with Gasteiger partial charge >= 0.3 is 0 Å². The molecule has 16 nitrogen and oxygen atoms in total. The van der Waals surface area contributed by atoms with E-state index in [4.69, 9.17) is 5.73 Å². The Balaban J connectivity index is 0.00000520. The zero-order valence-electron chi connectivity index (χ0n) is 27.1. The topological polar surface area (TPSA) is 270 Å². The van der Waals surface area contributed by atoms with Crippen LogP contribution in [0.4, 0.5) is 0 Å². The number of nitrogens with zero attached hydrogens (tertiary/aromatic N) is 6. The molecule has 279 valence electrons. The summed E-state index contributed by atoms with van der Waals surface area (Å²) in [6, 6.07) is -2.83. The summed E-state index contributed by atoms with van der Waals surface area (Å²) in [5.74, 6) is -0.489. The van der Waals surface area contributed by atoms with Gasteiger partial charge in [0.15, 0.2) is 0 Å². The van der Waals surface area contributed by atoms with E-state index in [2.05, 4.69) is 30.7 Å². The molecular formula is C29H51CuN7O9S2. The van der Waals surface area contributed by atoms with Gasteiger partial charge in [0, 0.05) is 23.1 Å². The molecule has 7 N–H and O–H groups in total. The molecule has 0 saturated heterocycles. The molecule has 0 aromatic carbocycles. The number of azo groups is 3. The number of hydrogen-bond donors (Lipinski definition) is 6. The maximum Gasteiger partial charge on any atom is 0.270 e. The third kappa shape index (κ3) is 9.85. The Kier molecular flexibility index (Phi) is 13.7. The zero-order chi connectivity index (χ0) is 34.1. The van der Waals surface area contributed by atoms with E-state index in [-0.39, 0.29) is 77.9 Å². The molecule has 5 saturated carbocycles. The van der Waals surface area contributed by atoms with Gasteiger partial charge in [-0.2, -0.15) is 47.5 Å². The first-order valence-corrected chi connectivity index (χ1v) is 20.0. The van der Waals surface area contributed by atoms with Crippen molar-refractivity contribution in [2.24, 2.45) is 54.2 Å². The van der Waals surface area contributed by atoms with Crippen molar-refractivity contribution >= 4 is 20.2 Å². The van der Waals surface area contributed by atoms with Gasteiger partial charge in [-0.1, -0.05) is 6.92 Å². The predicted molar refractivity (Wildman–Crippen MR) is 170 cm³/mol. The van der Waals surface area contributed by atoms with Gasteiger partial charge in [0.25, 0.3) is 20.2 Å². The first kappa shape index (κ1) is 39.8. The van der Waals surface area contributed by atoms with Crippen LogP contribution in [0.3, 0.4) is 0 Å². The standard InChI is InChI=1S/C29H51N7O9S2.Cu/c1-15-10-25(26(38)14-24(15)34-31-17-2-6-20(7-3-17)46(40,41)42)35-36-28-27(47(43,44)45)12-16-11-18(4-8-21(16)29(28)39)32-33-23-9-5-19(37)13-22(23)30;/h15-29,37-39H,2-14,30H2,1H3,(H,40,41,42)(H,43,44,45);. The number of rotatable bonds is 8. The Bertz CT molecular complexity index is 1380. The number of aliphatic hydroxyl groups is 3. The molecule has 5 rings (SSSR count). The fraction of sp³-hybridized carbons (Fsp3) is 1.00. The van der Waals surface area contributed by atoms with Gasteiger partial charge in [0.05, 0.1) is 53.8 Å². The van der Waals surface area contributed by atoms with Crippen LogP contribution in [0, 0.1) is 17.8 Å². The van der Waals surface area contributed by atoms with Gasteiger partial charge in [-0.05, 0) is 101 Å². The second-order valence-electron chi connectivity index (χ2n) is 14.6. The summed E-state index contributed by atoms with van der Waals surface area (Å²) in [5.41, 5.74) is 6.15. The minimum atomic E-state index is -4.58. The maximum absolute atomic E-state index is 12.5. The molecule has 19 heteroatoms. The van der Waals surface area contributed by atoms with Crippen molar-refractivity contribution in [3.05, 3.63) is 0 Å². The average molecular weight is 769 g/mol. The summed E-state index contributed by atoms with van der Waals surface area (Å²) in [6.07, 6.45) is 3.44. The van der Waals surface area contributed by atoms with E-state index < -0.39 is 61.1 Å². The van der Waals surface area contributed by atoms with Crippen molar-refractivity contribution < 1.29 is 58.3 Å². The minimum absolute atomic E-state index is 0. The molecule has 0 bridgehead atoms. The van der Waals surface area contributed by atoms with E-state index in [9.17, 15) is 41.3 Å². The molecule has 5 fully saturated rings. The van der Waals surface area contributed by atoms with Crippen LogP contribution in [0.2, 0.25) is 0 Å². The molecule has 0 aromatic rings. The number of fused-ring (bicyclic) bond motifs is 1. The van der Waals surface area contributed by atoms with E-state index in [1.165, 1.54) is 0 Å². The summed E-state index contributed by atoms with van der Waals surface area (Å²) in [4.78, 5) is 0. The number of hydrogen-bond acceptors (Lipinski definition) is 14. The van der Waals surface area contributed by atoms with Crippen LogP contribution in [0.25, 0.3) is 0 Å². The molecule has 13 unspecified atom stereocenters. The quantitative estimate of drug-likeness (QED) is 0.119. The Morgan fingerprint density at radius 2 is 1.25 bits per heavy atom. The second-order valence-corrected chi connectivity index (χ2v) is 18.0. The van der Waals surface area contributed by atoms with Crippen molar-refractivity contribution in [3.8, 4) is 0 Å². The van der Waals surface area contributed by atoms with Crippen LogP contribution in [-0.4, -0.2) is 112 Å². The Morgan fingerprint density at radius 1 is 0.625 bits per heavy atom. The Labute approximate surface area is 293 Å². The summed E-state index contributed by atoms with van der Waals surface area (Å²) < 4.78 is 67.3. The van der Waals surface area contributed by atoms with Gasteiger partial charge in [0.1, 0.15) is 11.3 Å². The molecule has 5 aliphatic carbocycles. The Hall–Kier alpha value is -1.02. The van der Waals surface area contributed by atoms with Crippen LogP contribution in [0.5, 0.6) is 0 Å². The number of aliphatic hydroxyl groups excluding tert-OH is 3. The van der Waals surface area contributed by atoms with Crippen LogP contribution < -0.4 is 5.73 Å². The van der Waals surface area contributed by atoms with Crippen molar-refractivity contribution in [1.29, 1.82) is 0 Å². The van der Waals surface area contributed by atoms with Crippen molar-refractivity contribution in [1.82, 2.24) is 0 Å². The molecule has 0 aromatic heterocycles. The van der Waals surface area contributed by atoms with Crippen LogP contribution in [-0.2, 0) is 37.3 Å². The van der Waals surface area contributed by atoms with Crippen LogP contribution in [0.1, 0.15) is 90.4 Å². The van der Waals surface area contributed by atoms with Crippen molar-refractivity contribution in [2.75, 3.05) is 0 Å². The SMILES string of the molecule is CC1CC(N=NC2C(O)C3CCC(N=NC4CCC(O)CC4N)CC3CC2S(=O)(=O)O)C(O)CC1N=NC1CCC(S(=O)(=O)O)CC1.[Cu]. The maximum atomic E-state index is 12.5. The van der Waals surface area contributed by atoms with E-state index in [0.717, 1.165) is 0 Å². The zero-order valence-corrected chi connectivity index (χ0v) is 29.7. The van der Waals surface area contributed by atoms with Crippen LogP contribution >= 0.6 is 0 Å². The third-order valence-corrected chi connectivity index (χ3v) is 13.9. The normalized spacial score (nSPS) is 44.9. The molecule has 5 aliphatic rings. The molecule has 0 aliphatic heterocycles. The summed E-state index contributed by atoms with van der Waals surface area (Å²) in [6.45, 7) is 1.95. The van der Waals surface area contributed by atoms with Crippen molar-refractivity contribution in [2.45, 2.75) is 161 Å². The molecular weight excluding hydrogens is 718 g/mol. The largest absolute Gasteiger partial charge is 0.393 e. The van der Waals surface area contributed by atoms with Gasteiger partial charge in [-0.25, -0.2) is 0 Å². The van der Waals surface area contributed by atoms with E-state index in [1.807, 2.05) is 6.92 Å². The molecule has 1 radical (unpaired) electrons. The average Bonchev–Trinajstić information content (AvgIpc) is 3.00. The minimum Gasteiger partial charge on any atom is -0.393 e. The van der Waals surface area contributed by atoms with Gasteiger partial charge in [0.2, 0.25) is 0 Å². The Morgan fingerprint density at radius 3 is 1.90 bits per heavy atom. The van der Waals surface area contributed by atoms with Gasteiger partial charge in [-0.3, -0.25) is 9.11 Å². The first-order valence-electron chi connectivity index (χ1n) is 17.0. The number of nitrogens with two attached hydrogens (primary N) is 1. The smallest absolute Gasteiger partial charge is 0.270 e. The molecule has 0 spiro atoms. The predicted octanol–water partition coefficient (Wildman–Crippen LogP) is 2.48. The van der Waals surface area contributed by atoms with Crippen molar-refractivity contribution in [3.63, 3.8) is 0 Å². The van der Waals surface area contributed by atoms with E-state index >= 15 is 0 Å². The third-order valence-electron chi connectivity index (χ3n) is 11.3. The summed E-state index contributed by atoms with van der Waals surface area (Å²) in [5, 5.41) is 56.5. The molecule has 13 atom stereocenters. The van der Waals surface area contributed by atoms with Gasteiger partial charge in [-0.15, -0.1) is 0 Å². The van der Waals surface area contributed by atoms with Crippen LogP contribution in [0.15, 0.2) is 30.7 Å². The monoisotopic (exact) mass is 768 g/mol.